The highest BCUT2D eigenvalue weighted by Crippen LogP contribution is 2.15. The lowest BCUT2D eigenvalue weighted by Gasteiger charge is -2.24. The van der Waals surface area contributed by atoms with Crippen LogP contribution in [0.5, 0.6) is 5.75 Å². The molecule has 2 aromatic rings. The molecule has 0 saturated heterocycles. The summed E-state index contributed by atoms with van der Waals surface area (Å²) in [6.45, 7) is 4.04. The standard InChI is InChI=1S/C20H24N2O3/c1-14(22(3)13-16-5-11-19(25-4)12-6-16)20(24)21-18-9-7-17(8-10-18)15(2)23/h5-12,14H,13H2,1-4H3,(H,21,24)/t14-/m0/s1. The van der Waals surface area contributed by atoms with Gasteiger partial charge in [0.15, 0.2) is 5.78 Å². The number of nitrogens with zero attached hydrogens (tertiary/aromatic N) is 1. The molecule has 1 N–H and O–H groups in total. The largest absolute Gasteiger partial charge is 0.497 e. The third-order valence-electron chi connectivity index (χ3n) is 4.19. The number of ketones is 1. The molecule has 0 radical (unpaired) electrons. The predicted molar refractivity (Wildman–Crippen MR) is 99.0 cm³/mol. The summed E-state index contributed by atoms with van der Waals surface area (Å²) in [6.07, 6.45) is 0. The van der Waals surface area contributed by atoms with Crippen LogP contribution in [0.25, 0.3) is 0 Å². The molecule has 5 nitrogen and oxygen atoms in total. The average molecular weight is 340 g/mol. The van der Waals surface area contributed by atoms with Crippen LogP contribution in [0.1, 0.15) is 29.8 Å². The molecule has 0 bridgehead atoms. The van der Waals surface area contributed by atoms with E-state index >= 15 is 0 Å². The third kappa shape index (κ3) is 5.16. The molecule has 132 valence electrons. The second-order valence-electron chi connectivity index (χ2n) is 6.06. The molecule has 1 atom stereocenters. The lowest BCUT2D eigenvalue weighted by atomic mass is 10.1. The third-order valence-corrected chi connectivity index (χ3v) is 4.19. The fraction of sp³-hybridized carbons (Fsp3) is 0.300. The number of anilines is 1. The van der Waals surface area contributed by atoms with Crippen molar-refractivity contribution in [2.24, 2.45) is 0 Å². The van der Waals surface area contributed by atoms with Gasteiger partial charge >= 0.3 is 0 Å². The minimum Gasteiger partial charge on any atom is -0.497 e. The number of benzene rings is 2. The van der Waals surface area contributed by atoms with Gasteiger partial charge in [-0.05, 0) is 62.9 Å². The first-order valence-electron chi connectivity index (χ1n) is 8.15. The predicted octanol–water partition coefficient (Wildman–Crippen LogP) is 3.36. The Kier molecular flexibility index (Phi) is 6.31. The van der Waals surface area contributed by atoms with E-state index in [1.165, 1.54) is 6.92 Å². The molecule has 0 aliphatic heterocycles. The lowest BCUT2D eigenvalue weighted by Crippen LogP contribution is -2.39. The van der Waals surface area contributed by atoms with Gasteiger partial charge in [-0.3, -0.25) is 14.5 Å². The van der Waals surface area contributed by atoms with Crippen LogP contribution in [0, 0.1) is 0 Å². The molecular formula is C20H24N2O3. The fourth-order valence-electron chi connectivity index (χ4n) is 2.39. The molecule has 0 spiro atoms. The molecule has 0 fully saturated rings. The van der Waals surface area contributed by atoms with Gasteiger partial charge in [0.2, 0.25) is 5.91 Å². The Morgan fingerprint density at radius 1 is 1.08 bits per heavy atom. The molecule has 1 amide bonds. The molecule has 0 saturated carbocycles. The van der Waals surface area contributed by atoms with Crippen LogP contribution >= 0.6 is 0 Å². The number of ether oxygens (including phenoxy) is 1. The summed E-state index contributed by atoms with van der Waals surface area (Å²) in [6, 6.07) is 14.4. The summed E-state index contributed by atoms with van der Waals surface area (Å²) in [5.41, 5.74) is 2.41. The highest BCUT2D eigenvalue weighted by atomic mass is 16.5. The summed E-state index contributed by atoms with van der Waals surface area (Å²) in [4.78, 5) is 25.7. The van der Waals surface area contributed by atoms with E-state index in [0.29, 0.717) is 17.8 Å². The first-order valence-corrected chi connectivity index (χ1v) is 8.15. The molecule has 0 heterocycles. The van der Waals surface area contributed by atoms with Crippen molar-refractivity contribution in [3.05, 3.63) is 59.7 Å². The van der Waals surface area contributed by atoms with Gasteiger partial charge in [0.1, 0.15) is 5.75 Å². The number of hydrogen-bond donors (Lipinski definition) is 1. The Labute approximate surface area is 148 Å². The van der Waals surface area contributed by atoms with Gasteiger partial charge in [0, 0.05) is 17.8 Å². The molecule has 25 heavy (non-hydrogen) atoms. The van der Waals surface area contributed by atoms with Crippen molar-refractivity contribution in [2.75, 3.05) is 19.5 Å². The number of rotatable bonds is 7. The number of carbonyl (C=O) groups excluding carboxylic acids is 2. The average Bonchev–Trinajstić information content (AvgIpc) is 2.62. The Balaban J connectivity index is 1.94. The SMILES string of the molecule is COc1ccc(CN(C)[C@@H](C)C(=O)Nc2ccc(C(C)=O)cc2)cc1. The number of Topliss-reactive ketones (excluding diaryl/α,β-unsaturated/α-hetero) is 1. The number of likely N-dealkylation sites (N-methyl/N-ethyl adjacent to an activating group) is 1. The van der Waals surface area contributed by atoms with Crippen molar-refractivity contribution in [2.45, 2.75) is 26.4 Å². The van der Waals surface area contributed by atoms with E-state index < -0.39 is 0 Å². The molecule has 0 aromatic heterocycles. The van der Waals surface area contributed by atoms with Crippen molar-refractivity contribution >= 4 is 17.4 Å². The van der Waals surface area contributed by atoms with Gasteiger partial charge in [-0.2, -0.15) is 0 Å². The number of carbonyl (C=O) groups is 2. The van der Waals surface area contributed by atoms with Gasteiger partial charge in [-0.15, -0.1) is 0 Å². The minimum atomic E-state index is -0.297. The van der Waals surface area contributed by atoms with Crippen molar-refractivity contribution in [1.29, 1.82) is 0 Å². The van der Waals surface area contributed by atoms with E-state index in [-0.39, 0.29) is 17.7 Å². The number of nitrogens with one attached hydrogen (secondary N) is 1. The second-order valence-corrected chi connectivity index (χ2v) is 6.06. The smallest absolute Gasteiger partial charge is 0.241 e. The van der Waals surface area contributed by atoms with Crippen molar-refractivity contribution in [3.8, 4) is 5.75 Å². The molecule has 0 aliphatic rings. The van der Waals surface area contributed by atoms with E-state index in [0.717, 1.165) is 11.3 Å². The zero-order valence-corrected chi connectivity index (χ0v) is 15.1. The Bertz CT molecular complexity index is 724. The second kappa shape index (κ2) is 8.44. The van der Waals surface area contributed by atoms with Crippen LogP contribution in [0.2, 0.25) is 0 Å². The van der Waals surface area contributed by atoms with Crippen LogP contribution in [-0.4, -0.2) is 36.8 Å². The highest BCUT2D eigenvalue weighted by molar-refractivity contribution is 5.96. The van der Waals surface area contributed by atoms with E-state index in [1.54, 1.807) is 31.4 Å². The van der Waals surface area contributed by atoms with Crippen molar-refractivity contribution in [1.82, 2.24) is 4.90 Å². The molecule has 5 heteroatoms. The van der Waals surface area contributed by atoms with Crippen LogP contribution in [0.3, 0.4) is 0 Å². The minimum absolute atomic E-state index is 0.00506. The van der Waals surface area contributed by atoms with E-state index in [9.17, 15) is 9.59 Å². The zero-order valence-electron chi connectivity index (χ0n) is 15.1. The normalized spacial score (nSPS) is 11.9. The maximum atomic E-state index is 12.4. The monoisotopic (exact) mass is 340 g/mol. The maximum Gasteiger partial charge on any atom is 0.241 e. The summed E-state index contributed by atoms with van der Waals surface area (Å²) in [7, 11) is 3.55. The van der Waals surface area contributed by atoms with Gasteiger partial charge < -0.3 is 10.1 Å². The van der Waals surface area contributed by atoms with Gasteiger partial charge in [0.05, 0.1) is 13.2 Å². The van der Waals surface area contributed by atoms with E-state index in [4.69, 9.17) is 4.74 Å². The summed E-state index contributed by atoms with van der Waals surface area (Å²) < 4.78 is 5.15. The molecular weight excluding hydrogens is 316 g/mol. The number of hydrogen-bond acceptors (Lipinski definition) is 4. The van der Waals surface area contributed by atoms with Crippen LogP contribution in [0.15, 0.2) is 48.5 Å². The summed E-state index contributed by atoms with van der Waals surface area (Å²) in [5, 5.41) is 2.88. The first-order chi connectivity index (χ1) is 11.9. The molecule has 0 unspecified atom stereocenters. The Morgan fingerprint density at radius 2 is 1.68 bits per heavy atom. The highest BCUT2D eigenvalue weighted by Gasteiger charge is 2.18. The topological polar surface area (TPSA) is 58.6 Å². The van der Waals surface area contributed by atoms with Gasteiger partial charge in [-0.25, -0.2) is 0 Å². The van der Waals surface area contributed by atoms with Gasteiger partial charge in [0.25, 0.3) is 0 Å². The van der Waals surface area contributed by atoms with Crippen LogP contribution < -0.4 is 10.1 Å². The molecule has 0 aliphatic carbocycles. The van der Waals surface area contributed by atoms with Crippen molar-refractivity contribution in [3.63, 3.8) is 0 Å². The Morgan fingerprint density at radius 3 is 2.20 bits per heavy atom. The number of amides is 1. The lowest BCUT2D eigenvalue weighted by molar-refractivity contribution is -0.120. The summed E-state index contributed by atoms with van der Waals surface area (Å²) >= 11 is 0. The van der Waals surface area contributed by atoms with E-state index in [2.05, 4.69) is 5.32 Å². The number of methoxy groups -OCH3 is 1. The van der Waals surface area contributed by atoms with Crippen molar-refractivity contribution < 1.29 is 14.3 Å². The van der Waals surface area contributed by atoms with Crippen LogP contribution in [0.4, 0.5) is 5.69 Å². The first kappa shape index (κ1) is 18.7. The Hall–Kier alpha value is -2.66. The van der Waals surface area contributed by atoms with E-state index in [1.807, 2.05) is 43.1 Å². The molecule has 2 rings (SSSR count). The fourth-order valence-corrected chi connectivity index (χ4v) is 2.39. The summed E-state index contributed by atoms with van der Waals surface area (Å²) in [5.74, 6) is 0.725. The van der Waals surface area contributed by atoms with Crippen LogP contribution in [-0.2, 0) is 11.3 Å². The zero-order chi connectivity index (χ0) is 18.4. The van der Waals surface area contributed by atoms with Gasteiger partial charge in [-0.1, -0.05) is 12.1 Å². The molecule has 2 aromatic carbocycles. The maximum absolute atomic E-state index is 12.4. The quantitative estimate of drug-likeness (QED) is 0.785.